The molecule has 2 aliphatic rings. The van der Waals surface area contributed by atoms with Crippen LogP contribution in [-0.2, 0) is 41.4 Å². The predicted molar refractivity (Wildman–Crippen MR) is 151 cm³/mol. The van der Waals surface area contributed by atoms with E-state index in [9.17, 15) is 21.6 Å². The van der Waals surface area contributed by atoms with Crippen LogP contribution in [0.15, 0.2) is 63.5 Å². The van der Waals surface area contributed by atoms with Gasteiger partial charge in [-0.25, -0.2) is 16.8 Å². The Morgan fingerprint density at radius 1 is 0.805 bits per heavy atom. The van der Waals surface area contributed by atoms with E-state index in [1.54, 1.807) is 48.0 Å². The Morgan fingerprint density at radius 3 is 1.80 bits per heavy atom. The van der Waals surface area contributed by atoms with E-state index in [1.165, 1.54) is 32.5 Å². The highest BCUT2D eigenvalue weighted by Gasteiger charge is 2.27. The second-order valence-electron chi connectivity index (χ2n) is 9.28. The smallest absolute Gasteiger partial charge is 0.243 e. The molecule has 0 spiro atoms. The molecule has 5 rings (SSSR count). The lowest BCUT2D eigenvalue weighted by Crippen LogP contribution is -2.40. The third-order valence-corrected chi connectivity index (χ3v) is 11.5. The minimum Gasteiger partial charge on any atom is -0.379 e. The number of ether oxygens (including phenoxy) is 2. The largest absolute Gasteiger partial charge is 0.379 e. The fraction of sp³-hybridized carbons (Fsp3) is 0.400. The summed E-state index contributed by atoms with van der Waals surface area (Å²) in [7, 11) is -5.45. The Kier molecular flexibility index (Phi) is 9.08. The molecule has 0 atom stereocenters. The van der Waals surface area contributed by atoms with Gasteiger partial charge in [-0.3, -0.25) is 4.79 Å². The number of hydrogen-bond donors (Lipinski definition) is 1. The summed E-state index contributed by atoms with van der Waals surface area (Å²) in [5.41, 5.74) is 1.16. The Labute approximate surface area is 242 Å². The number of hydrogen-bond acceptors (Lipinski definition) is 10. The second-order valence-corrected chi connectivity index (χ2v) is 14.1. The van der Waals surface area contributed by atoms with Crippen LogP contribution in [-0.4, -0.2) is 104 Å². The third-order valence-electron chi connectivity index (χ3n) is 6.63. The van der Waals surface area contributed by atoms with Crippen molar-refractivity contribution in [3.05, 3.63) is 48.5 Å². The first-order valence-electron chi connectivity index (χ1n) is 12.8. The predicted octanol–water partition coefficient (Wildman–Crippen LogP) is 1.25. The van der Waals surface area contributed by atoms with Crippen LogP contribution in [0.5, 0.6) is 0 Å². The highest BCUT2D eigenvalue weighted by molar-refractivity contribution is 7.99. The van der Waals surface area contributed by atoms with Gasteiger partial charge >= 0.3 is 0 Å². The van der Waals surface area contributed by atoms with Crippen LogP contribution in [0, 0.1) is 0 Å². The number of amides is 1. The second kappa shape index (κ2) is 12.6. The number of rotatable bonds is 9. The molecule has 16 heteroatoms. The van der Waals surface area contributed by atoms with Crippen LogP contribution in [0.3, 0.4) is 0 Å². The van der Waals surface area contributed by atoms with Crippen LogP contribution in [0.1, 0.15) is 0 Å². The Hall–Kier alpha value is -2.86. The number of aromatic nitrogens is 3. The molecule has 3 heterocycles. The topological polar surface area (TPSA) is 153 Å². The highest BCUT2D eigenvalue weighted by atomic mass is 32.2. The van der Waals surface area contributed by atoms with Gasteiger partial charge in [0.2, 0.25) is 26.0 Å². The van der Waals surface area contributed by atoms with E-state index in [4.69, 9.17) is 9.47 Å². The minimum absolute atomic E-state index is 0.0521. The summed E-state index contributed by atoms with van der Waals surface area (Å²) in [5, 5.41) is 11.7. The molecular weight excluding hydrogens is 593 g/mol. The standard InChI is InChI=1S/C25H30N6O7S3/c1-29-24(19-2-6-21(7-3-19)40(33,34)30-10-14-37-15-11-30)27-28-25(29)39-18-23(32)26-20-4-8-22(9-5-20)41(35,36)31-12-16-38-17-13-31/h2-9H,10-18H2,1H3,(H,26,32). The lowest BCUT2D eigenvalue weighted by Gasteiger charge is -2.26. The zero-order valence-corrected chi connectivity index (χ0v) is 24.8. The monoisotopic (exact) mass is 622 g/mol. The molecule has 0 unspecified atom stereocenters. The number of nitrogens with zero attached hydrogens (tertiary/aromatic N) is 5. The highest BCUT2D eigenvalue weighted by Crippen LogP contribution is 2.26. The van der Waals surface area contributed by atoms with Gasteiger partial charge in [0.05, 0.1) is 42.0 Å². The summed E-state index contributed by atoms with van der Waals surface area (Å²) in [5.74, 6) is 0.289. The van der Waals surface area contributed by atoms with Crippen LogP contribution in [0.25, 0.3) is 11.4 Å². The Morgan fingerprint density at radius 2 is 1.29 bits per heavy atom. The van der Waals surface area contributed by atoms with Gasteiger partial charge in [0.25, 0.3) is 0 Å². The number of carbonyl (C=O) groups excluding carboxylic acids is 1. The van der Waals surface area contributed by atoms with Crippen LogP contribution >= 0.6 is 11.8 Å². The van der Waals surface area contributed by atoms with Crippen molar-refractivity contribution in [3.63, 3.8) is 0 Å². The van der Waals surface area contributed by atoms with Gasteiger partial charge < -0.3 is 19.4 Å². The van der Waals surface area contributed by atoms with Gasteiger partial charge in [-0.2, -0.15) is 8.61 Å². The van der Waals surface area contributed by atoms with Gasteiger partial charge in [-0.05, 0) is 48.5 Å². The van der Waals surface area contributed by atoms with Crippen LogP contribution in [0.4, 0.5) is 5.69 Å². The average Bonchev–Trinajstić information content (AvgIpc) is 3.37. The van der Waals surface area contributed by atoms with E-state index < -0.39 is 20.0 Å². The number of nitrogens with one attached hydrogen (secondary N) is 1. The summed E-state index contributed by atoms with van der Waals surface area (Å²) in [4.78, 5) is 12.9. The third kappa shape index (κ3) is 6.63. The summed E-state index contributed by atoms with van der Waals surface area (Å²) >= 11 is 1.19. The number of sulfonamides is 2. The quantitative estimate of drug-likeness (QED) is 0.345. The maximum atomic E-state index is 12.9. The van der Waals surface area contributed by atoms with Crippen molar-refractivity contribution in [3.8, 4) is 11.4 Å². The lowest BCUT2D eigenvalue weighted by molar-refractivity contribution is -0.113. The van der Waals surface area contributed by atoms with Gasteiger partial charge in [0.15, 0.2) is 11.0 Å². The molecule has 41 heavy (non-hydrogen) atoms. The molecule has 2 aromatic carbocycles. The number of carbonyl (C=O) groups is 1. The molecule has 3 aromatic rings. The van der Waals surface area contributed by atoms with E-state index >= 15 is 0 Å². The lowest BCUT2D eigenvalue weighted by atomic mass is 10.2. The first-order valence-corrected chi connectivity index (χ1v) is 16.7. The van der Waals surface area contributed by atoms with Crippen LogP contribution in [0.2, 0.25) is 0 Å². The maximum Gasteiger partial charge on any atom is 0.243 e. The van der Waals surface area contributed by atoms with Crippen molar-refractivity contribution in [1.29, 1.82) is 0 Å². The van der Waals surface area contributed by atoms with Crippen LogP contribution < -0.4 is 5.32 Å². The van der Waals surface area contributed by atoms with Crippen molar-refractivity contribution in [1.82, 2.24) is 23.4 Å². The number of morpholine rings is 2. The fourth-order valence-electron chi connectivity index (χ4n) is 4.38. The van der Waals surface area contributed by atoms with E-state index in [1.807, 2.05) is 0 Å². The molecule has 13 nitrogen and oxygen atoms in total. The summed E-state index contributed by atoms with van der Waals surface area (Å²) in [6, 6.07) is 12.5. The normalized spacial score (nSPS) is 17.4. The van der Waals surface area contributed by atoms with E-state index in [-0.39, 0.29) is 21.5 Å². The molecule has 0 saturated carbocycles. The summed E-state index contributed by atoms with van der Waals surface area (Å²) in [6.45, 7) is 2.75. The van der Waals surface area contributed by atoms with Crippen molar-refractivity contribution in [2.75, 3.05) is 63.7 Å². The van der Waals surface area contributed by atoms with Crippen molar-refractivity contribution in [2.24, 2.45) is 7.05 Å². The fourth-order valence-corrected chi connectivity index (χ4v) is 7.90. The van der Waals surface area contributed by atoms with Gasteiger partial charge in [-0.15, -0.1) is 10.2 Å². The van der Waals surface area contributed by atoms with Gasteiger partial charge in [0.1, 0.15) is 0 Å². The molecule has 0 bridgehead atoms. The summed E-state index contributed by atoms with van der Waals surface area (Å²) < 4.78 is 66.3. The van der Waals surface area contributed by atoms with Gasteiger partial charge in [0, 0.05) is 44.5 Å². The Balaban J connectivity index is 1.17. The molecule has 2 aliphatic heterocycles. The maximum absolute atomic E-state index is 12.9. The zero-order valence-electron chi connectivity index (χ0n) is 22.3. The zero-order chi connectivity index (χ0) is 29.0. The minimum atomic E-state index is -3.61. The number of benzene rings is 2. The Bertz CT molecular complexity index is 1580. The van der Waals surface area contributed by atoms with Crippen molar-refractivity contribution < 1.29 is 31.1 Å². The van der Waals surface area contributed by atoms with E-state index in [0.717, 1.165) is 0 Å². The molecular formula is C25H30N6O7S3. The first-order chi connectivity index (χ1) is 19.7. The molecule has 0 radical (unpaired) electrons. The molecule has 1 amide bonds. The molecule has 2 saturated heterocycles. The first kappa shape index (κ1) is 29.6. The van der Waals surface area contributed by atoms with Gasteiger partial charge in [-0.1, -0.05) is 11.8 Å². The summed E-state index contributed by atoms with van der Waals surface area (Å²) in [6.07, 6.45) is 0. The molecule has 1 N–H and O–H groups in total. The van der Waals surface area contributed by atoms with Crippen molar-refractivity contribution in [2.45, 2.75) is 14.9 Å². The molecule has 0 aliphatic carbocycles. The van der Waals surface area contributed by atoms with Crippen molar-refractivity contribution >= 4 is 43.4 Å². The van der Waals surface area contributed by atoms with E-state index in [2.05, 4.69) is 15.5 Å². The van der Waals surface area contributed by atoms with E-state index in [0.29, 0.717) is 74.8 Å². The average molecular weight is 623 g/mol. The molecule has 220 valence electrons. The number of thioether (sulfide) groups is 1. The number of anilines is 1. The SMILES string of the molecule is Cn1c(SCC(=O)Nc2ccc(S(=O)(=O)N3CCOCC3)cc2)nnc1-c1ccc(S(=O)(=O)N2CCOCC2)cc1. The molecule has 1 aromatic heterocycles. The molecule has 2 fully saturated rings.